The molecule has 1 saturated carbocycles. The number of hydrogen-bond donors (Lipinski definition) is 1. The summed E-state index contributed by atoms with van der Waals surface area (Å²) in [6, 6.07) is 27.1. The average molecular weight is 725 g/mol. The summed E-state index contributed by atoms with van der Waals surface area (Å²) in [5.74, 6) is -0.838. The van der Waals surface area contributed by atoms with Crippen LogP contribution >= 0.6 is 35.0 Å². The molecule has 1 aliphatic rings. The van der Waals surface area contributed by atoms with Crippen molar-refractivity contribution in [2.24, 2.45) is 0 Å². The number of amides is 2. The van der Waals surface area contributed by atoms with Gasteiger partial charge in [-0.3, -0.25) is 13.9 Å². The zero-order valence-corrected chi connectivity index (χ0v) is 30.1. The van der Waals surface area contributed by atoms with Gasteiger partial charge in [0.1, 0.15) is 12.6 Å². The number of benzene rings is 4. The van der Waals surface area contributed by atoms with Gasteiger partial charge in [-0.25, -0.2) is 8.42 Å². The Hall–Kier alpha value is -3.50. The van der Waals surface area contributed by atoms with E-state index in [1.165, 1.54) is 16.7 Å². The summed E-state index contributed by atoms with van der Waals surface area (Å²) in [5.41, 5.74) is 2.72. The molecule has 0 spiro atoms. The Balaban J connectivity index is 1.58. The molecular weight excluding hydrogens is 685 g/mol. The van der Waals surface area contributed by atoms with Crippen molar-refractivity contribution in [3.8, 4) is 0 Å². The Labute approximate surface area is 297 Å². The summed E-state index contributed by atoms with van der Waals surface area (Å²) < 4.78 is 29.7. The van der Waals surface area contributed by atoms with Crippen molar-refractivity contribution in [1.82, 2.24) is 10.2 Å². The van der Waals surface area contributed by atoms with Gasteiger partial charge in [-0.05, 0) is 85.7 Å². The molecule has 1 fully saturated rings. The maximum absolute atomic E-state index is 14.7. The van der Waals surface area contributed by atoms with Crippen LogP contribution in [0.3, 0.4) is 0 Å². The van der Waals surface area contributed by atoms with Crippen LogP contribution in [0.5, 0.6) is 0 Å². The molecule has 48 heavy (non-hydrogen) atoms. The highest BCUT2D eigenvalue weighted by Crippen LogP contribution is 2.29. The van der Waals surface area contributed by atoms with Gasteiger partial charge in [0.05, 0.1) is 10.6 Å². The van der Waals surface area contributed by atoms with E-state index in [0.717, 1.165) is 46.0 Å². The number of hydrogen-bond acceptors (Lipinski definition) is 5. The first-order chi connectivity index (χ1) is 23.0. The van der Waals surface area contributed by atoms with Gasteiger partial charge in [0.25, 0.3) is 10.0 Å². The predicted molar refractivity (Wildman–Crippen MR) is 195 cm³/mol. The van der Waals surface area contributed by atoms with Crippen molar-refractivity contribution < 1.29 is 18.0 Å². The van der Waals surface area contributed by atoms with Crippen molar-refractivity contribution in [3.05, 3.63) is 124 Å². The summed E-state index contributed by atoms with van der Waals surface area (Å²) in [6.45, 7) is 1.33. The van der Waals surface area contributed by atoms with Crippen LogP contribution in [0, 0.1) is 6.92 Å². The third kappa shape index (κ3) is 8.94. The molecule has 252 valence electrons. The van der Waals surface area contributed by atoms with E-state index in [4.69, 9.17) is 23.2 Å². The second kappa shape index (κ2) is 16.3. The van der Waals surface area contributed by atoms with Crippen molar-refractivity contribution in [2.75, 3.05) is 17.1 Å². The number of carbonyl (C=O) groups excluding carboxylic acids is 2. The molecule has 0 radical (unpaired) electrons. The van der Waals surface area contributed by atoms with Gasteiger partial charge in [-0.2, -0.15) is 0 Å². The normalized spacial score (nSPS) is 14.0. The fourth-order valence-electron chi connectivity index (χ4n) is 5.87. The van der Waals surface area contributed by atoms with Gasteiger partial charge >= 0.3 is 0 Å². The van der Waals surface area contributed by atoms with E-state index < -0.39 is 28.5 Å². The van der Waals surface area contributed by atoms with Gasteiger partial charge in [-0.15, -0.1) is 11.8 Å². The first-order valence-corrected chi connectivity index (χ1v) is 19.3. The van der Waals surface area contributed by atoms with Crippen LogP contribution in [0.1, 0.15) is 42.4 Å². The minimum atomic E-state index is -4.20. The fourth-order valence-corrected chi connectivity index (χ4v) is 8.16. The Morgan fingerprint density at radius 2 is 1.58 bits per heavy atom. The second-order valence-electron chi connectivity index (χ2n) is 12.0. The number of sulfonamides is 1. The van der Waals surface area contributed by atoms with E-state index in [1.54, 1.807) is 66.7 Å². The molecule has 2 amide bonds. The fraction of sp³-hybridized carbons (Fsp3) is 0.297. The van der Waals surface area contributed by atoms with Crippen LogP contribution in [0.4, 0.5) is 5.69 Å². The quantitative estimate of drug-likeness (QED) is 0.142. The minimum Gasteiger partial charge on any atom is -0.352 e. The van der Waals surface area contributed by atoms with Crippen LogP contribution in [0.25, 0.3) is 0 Å². The van der Waals surface area contributed by atoms with Crippen LogP contribution in [0.15, 0.2) is 107 Å². The molecular formula is C37H39Cl2N3O4S2. The zero-order valence-electron chi connectivity index (χ0n) is 26.9. The number of anilines is 1. The zero-order chi connectivity index (χ0) is 34.3. The van der Waals surface area contributed by atoms with Crippen LogP contribution in [0.2, 0.25) is 10.0 Å². The molecule has 0 heterocycles. The largest absolute Gasteiger partial charge is 0.352 e. The lowest BCUT2D eigenvalue weighted by Crippen LogP contribution is -2.54. The Kier molecular flexibility index (Phi) is 12.1. The average Bonchev–Trinajstić information content (AvgIpc) is 3.60. The first-order valence-electron chi connectivity index (χ1n) is 15.9. The molecule has 1 aliphatic carbocycles. The van der Waals surface area contributed by atoms with Gasteiger partial charge in [0.15, 0.2) is 0 Å². The van der Waals surface area contributed by atoms with Crippen molar-refractivity contribution in [2.45, 2.75) is 67.4 Å². The highest BCUT2D eigenvalue weighted by Gasteiger charge is 2.36. The van der Waals surface area contributed by atoms with Crippen molar-refractivity contribution >= 4 is 62.5 Å². The molecule has 0 aromatic heterocycles. The molecule has 0 saturated heterocycles. The SMILES string of the molecule is CSc1ccc(S(=O)(=O)N(CC(=O)N(Cc2ccc(Cl)cc2Cl)C(Cc2ccccc2)C(=O)NC2CCCC2)c2ccc(C)cc2)cc1. The maximum Gasteiger partial charge on any atom is 0.264 e. The van der Waals surface area contributed by atoms with Crippen LogP contribution in [-0.4, -0.2) is 50.0 Å². The number of nitrogens with zero attached hydrogens (tertiary/aromatic N) is 2. The van der Waals surface area contributed by atoms with E-state index in [2.05, 4.69) is 5.32 Å². The molecule has 4 aromatic carbocycles. The molecule has 0 aliphatic heterocycles. The summed E-state index contributed by atoms with van der Waals surface area (Å²) in [6.07, 6.45) is 5.93. The molecule has 4 aromatic rings. The number of carbonyl (C=O) groups is 2. The van der Waals surface area contributed by atoms with E-state index in [-0.39, 0.29) is 29.8 Å². The van der Waals surface area contributed by atoms with Gasteiger partial charge < -0.3 is 10.2 Å². The Morgan fingerprint density at radius 1 is 0.917 bits per heavy atom. The molecule has 7 nitrogen and oxygen atoms in total. The number of halogens is 2. The van der Waals surface area contributed by atoms with Crippen molar-refractivity contribution in [1.29, 1.82) is 0 Å². The Bertz CT molecular complexity index is 1820. The summed E-state index contributed by atoms with van der Waals surface area (Å²) in [7, 11) is -4.20. The number of nitrogens with one attached hydrogen (secondary N) is 1. The first kappa shape index (κ1) is 35.8. The Morgan fingerprint density at radius 3 is 2.21 bits per heavy atom. The number of rotatable bonds is 13. The smallest absolute Gasteiger partial charge is 0.264 e. The molecule has 11 heteroatoms. The lowest BCUT2D eigenvalue weighted by atomic mass is 10.0. The van der Waals surface area contributed by atoms with Crippen molar-refractivity contribution in [3.63, 3.8) is 0 Å². The number of aryl methyl sites for hydroxylation is 1. The van der Waals surface area contributed by atoms with Gasteiger partial charge in [0, 0.05) is 33.9 Å². The minimum absolute atomic E-state index is 0.0144. The highest BCUT2D eigenvalue weighted by atomic mass is 35.5. The summed E-state index contributed by atoms with van der Waals surface area (Å²) >= 11 is 14.3. The monoisotopic (exact) mass is 723 g/mol. The lowest BCUT2D eigenvalue weighted by Gasteiger charge is -2.34. The predicted octanol–water partition coefficient (Wildman–Crippen LogP) is 7.92. The van der Waals surface area contributed by atoms with E-state index in [0.29, 0.717) is 21.3 Å². The third-order valence-electron chi connectivity index (χ3n) is 8.58. The number of thioether (sulfide) groups is 1. The topological polar surface area (TPSA) is 86.8 Å². The molecule has 5 rings (SSSR count). The summed E-state index contributed by atoms with van der Waals surface area (Å²) in [4.78, 5) is 31.3. The van der Waals surface area contributed by atoms with Gasteiger partial charge in [-0.1, -0.05) is 90.1 Å². The molecule has 1 unspecified atom stereocenters. The molecule has 1 atom stereocenters. The van der Waals surface area contributed by atoms with Crippen LogP contribution in [-0.2, 0) is 32.6 Å². The second-order valence-corrected chi connectivity index (χ2v) is 15.6. The standard InChI is InChI=1S/C37H39Cl2N3O4S2/c1-26-12-16-31(17-13-26)42(48(45,46)33-20-18-32(47-2)19-21-33)25-36(43)41(24-28-14-15-29(38)23-34(28)39)35(22-27-8-4-3-5-9-27)37(44)40-30-10-6-7-11-30/h3-5,8-9,12-21,23,30,35H,6-7,10-11,22,24-25H2,1-2H3,(H,40,44). The maximum atomic E-state index is 14.7. The van der Waals surface area contributed by atoms with Crippen LogP contribution < -0.4 is 9.62 Å². The molecule has 0 bridgehead atoms. The van der Waals surface area contributed by atoms with E-state index in [9.17, 15) is 18.0 Å². The summed E-state index contributed by atoms with van der Waals surface area (Å²) in [5, 5.41) is 3.96. The van der Waals surface area contributed by atoms with E-state index in [1.807, 2.05) is 43.5 Å². The highest BCUT2D eigenvalue weighted by molar-refractivity contribution is 7.98. The lowest BCUT2D eigenvalue weighted by molar-refractivity contribution is -0.140. The molecule has 1 N–H and O–H groups in total. The van der Waals surface area contributed by atoms with E-state index >= 15 is 0 Å². The third-order valence-corrected chi connectivity index (χ3v) is 11.7. The van der Waals surface area contributed by atoms with Gasteiger partial charge in [0.2, 0.25) is 11.8 Å².